The Morgan fingerprint density at radius 1 is 0.562 bits per heavy atom. The van der Waals surface area contributed by atoms with Crippen LogP contribution in [-0.4, -0.2) is 59.5 Å². The molecule has 0 bridgehead atoms. The summed E-state index contributed by atoms with van der Waals surface area (Å²) in [5.41, 5.74) is 0. The lowest BCUT2D eigenvalue weighted by Crippen LogP contribution is -2.25. The van der Waals surface area contributed by atoms with Crippen molar-refractivity contribution in [2.75, 3.05) is 33.4 Å². The quantitative estimate of drug-likeness (QED) is 0.138. The summed E-state index contributed by atoms with van der Waals surface area (Å²) in [6, 6.07) is 0. The Morgan fingerprint density at radius 3 is 1.09 bits per heavy atom. The minimum Gasteiger partial charge on any atom is -0.481 e. The summed E-state index contributed by atoms with van der Waals surface area (Å²) < 4.78 is 0. The molecule has 194 valence electrons. The van der Waals surface area contributed by atoms with E-state index in [1.807, 2.05) is 11.9 Å². The Hall–Kier alpha value is -0.650. The number of aliphatic hydroxyl groups is 2. The molecule has 3 N–H and O–H groups in total. The van der Waals surface area contributed by atoms with Gasteiger partial charge < -0.3 is 20.2 Å². The van der Waals surface area contributed by atoms with Gasteiger partial charge in [-0.1, -0.05) is 122 Å². The maximum atomic E-state index is 10.4. The van der Waals surface area contributed by atoms with Crippen molar-refractivity contribution in [3.8, 4) is 0 Å². The average Bonchev–Trinajstić information content (AvgIpc) is 2.76. The zero-order valence-corrected chi connectivity index (χ0v) is 21.7. The van der Waals surface area contributed by atoms with Gasteiger partial charge in [-0.3, -0.25) is 4.79 Å². The molecule has 0 amide bonds. The topological polar surface area (TPSA) is 81.0 Å². The Kier molecular flexibility index (Phi) is 31.8. The second-order valence-corrected chi connectivity index (χ2v) is 9.26. The summed E-state index contributed by atoms with van der Waals surface area (Å²) in [5.74, 6) is -0.651. The van der Waals surface area contributed by atoms with E-state index in [1.54, 1.807) is 0 Å². The molecule has 0 unspecified atom stereocenters. The molecule has 0 saturated carbocycles. The van der Waals surface area contributed by atoms with Crippen LogP contribution in [0.1, 0.15) is 135 Å². The van der Waals surface area contributed by atoms with Crippen LogP contribution in [0.4, 0.5) is 0 Å². The van der Waals surface area contributed by atoms with E-state index >= 15 is 0 Å². The third kappa shape index (κ3) is 34.0. The number of hydrogen-bond acceptors (Lipinski definition) is 4. The first-order valence-electron chi connectivity index (χ1n) is 13.7. The summed E-state index contributed by atoms with van der Waals surface area (Å²) in [7, 11) is 1.85. The van der Waals surface area contributed by atoms with Gasteiger partial charge in [0.1, 0.15) is 0 Å². The predicted molar refractivity (Wildman–Crippen MR) is 137 cm³/mol. The first kappa shape index (κ1) is 33.5. The van der Waals surface area contributed by atoms with Crippen molar-refractivity contribution in [1.82, 2.24) is 4.90 Å². The smallest absolute Gasteiger partial charge is 0.303 e. The number of carboxylic acid groups (broad SMARTS) is 1. The fourth-order valence-corrected chi connectivity index (χ4v) is 3.81. The Labute approximate surface area is 200 Å². The molecule has 0 spiro atoms. The molecule has 0 aliphatic heterocycles. The summed E-state index contributed by atoms with van der Waals surface area (Å²) >= 11 is 0. The lowest BCUT2D eigenvalue weighted by atomic mass is 10.0. The number of likely N-dealkylation sites (N-methyl/N-ethyl adjacent to an activating group) is 1. The SMILES string of the molecule is CCCCCCCCCCCCCCCCCCCCCC(=O)O.CN(CCO)CCO. The van der Waals surface area contributed by atoms with E-state index in [0.717, 1.165) is 12.8 Å². The van der Waals surface area contributed by atoms with Crippen LogP contribution in [0.3, 0.4) is 0 Å². The number of aliphatic hydroxyl groups excluding tert-OH is 2. The van der Waals surface area contributed by atoms with Crippen LogP contribution in [0.15, 0.2) is 0 Å². The largest absolute Gasteiger partial charge is 0.481 e. The second-order valence-electron chi connectivity index (χ2n) is 9.26. The van der Waals surface area contributed by atoms with E-state index in [0.29, 0.717) is 19.5 Å². The number of hydrogen-bond donors (Lipinski definition) is 3. The van der Waals surface area contributed by atoms with Crippen molar-refractivity contribution < 1.29 is 20.1 Å². The van der Waals surface area contributed by atoms with Gasteiger partial charge in [-0.05, 0) is 13.5 Å². The molecule has 0 saturated heterocycles. The van der Waals surface area contributed by atoms with Gasteiger partial charge in [-0.2, -0.15) is 0 Å². The van der Waals surface area contributed by atoms with Crippen molar-refractivity contribution in [1.29, 1.82) is 0 Å². The van der Waals surface area contributed by atoms with E-state index in [4.69, 9.17) is 15.3 Å². The van der Waals surface area contributed by atoms with Crippen LogP contribution < -0.4 is 0 Å². The number of carbonyl (C=O) groups is 1. The highest BCUT2D eigenvalue weighted by Gasteiger charge is 1.97. The number of aliphatic carboxylic acids is 1. The van der Waals surface area contributed by atoms with Crippen molar-refractivity contribution in [2.45, 2.75) is 135 Å². The van der Waals surface area contributed by atoms with Crippen molar-refractivity contribution in [3.63, 3.8) is 0 Å². The summed E-state index contributed by atoms with van der Waals surface area (Å²) in [5, 5.41) is 25.2. The maximum Gasteiger partial charge on any atom is 0.303 e. The summed E-state index contributed by atoms with van der Waals surface area (Å²) in [6.45, 7) is 3.89. The molecule has 5 heteroatoms. The summed E-state index contributed by atoms with van der Waals surface area (Å²) in [4.78, 5) is 12.2. The van der Waals surface area contributed by atoms with E-state index in [9.17, 15) is 4.79 Å². The van der Waals surface area contributed by atoms with E-state index < -0.39 is 5.97 Å². The highest BCUT2D eigenvalue weighted by molar-refractivity contribution is 5.66. The fourth-order valence-electron chi connectivity index (χ4n) is 3.81. The Balaban J connectivity index is 0. The van der Waals surface area contributed by atoms with Gasteiger partial charge >= 0.3 is 5.97 Å². The number of carboxylic acids is 1. The average molecular weight is 460 g/mol. The molecule has 0 radical (unpaired) electrons. The minimum absolute atomic E-state index is 0.163. The molecular weight excluding hydrogens is 402 g/mol. The lowest BCUT2D eigenvalue weighted by Gasteiger charge is -2.11. The zero-order valence-electron chi connectivity index (χ0n) is 21.7. The van der Waals surface area contributed by atoms with E-state index in [1.165, 1.54) is 109 Å². The molecule has 0 atom stereocenters. The third-order valence-electron chi connectivity index (χ3n) is 5.96. The van der Waals surface area contributed by atoms with Gasteiger partial charge in [-0.25, -0.2) is 0 Å². The third-order valence-corrected chi connectivity index (χ3v) is 5.96. The fraction of sp³-hybridized carbons (Fsp3) is 0.963. The molecule has 0 aromatic rings. The normalized spacial score (nSPS) is 10.9. The highest BCUT2D eigenvalue weighted by atomic mass is 16.4. The molecule has 0 aliphatic rings. The Bertz CT molecular complexity index is 347. The van der Waals surface area contributed by atoms with Crippen LogP contribution in [0, 0.1) is 0 Å². The number of unbranched alkanes of at least 4 members (excludes halogenated alkanes) is 18. The molecule has 0 rings (SSSR count). The van der Waals surface area contributed by atoms with Gasteiger partial charge in [0.15, 0.2) is 0 Å². The molecule has 0 heterocycles. The standard InChI is InChI=1S/C22H44O2.C5H13NO2/c1-2-3-4-5-6-7-8-9-10-11-12-13-14-15-16-17-18-19-20-21-22(23)24;1-6(2-4-7)3-5-8/h2-21H2,1H3,(H,23,24);7-8H,2-5H2,1H3. The molecule has 0 fully saturated rings. The number of nitrogens with zero attached hydrogens (tertiary/aromatic N) is 1. The number of rotatable bonds is 24. The molecule has 0 aliphatic carbocycles. The predicted octanol–water partition coefficient (Wildman–Crippen LogP) is 6.80. The summed E-state index contributed by atoms with van der Waals surface area (Å²) in [6.07, 6.45) is 26.1. The van der Waals surface area contributed by atoms with Crippen LogP contribution in [0.25, 0.3) is 0 Å². The van der Waals surface area contributed by atoms with Crippen molar-refractivity contribution >= 4 is 5.97 Å². The molecule has 32 heavy (non-hydrogen) atoms. The van der Waals surface area contributed by atoms with Crippen molar-refractivity contribution in [2.24, 2.45) is 0 Å². The molecule has 5 nitrogen and oxygen atoms in total. The monoisotopic (exact) mass is 459 g/mol. The van der Waals surface area contributed by atoms with E-state index in [2.05, 4.69) is 6.92 Å². The van der Waals surface area contributed by atoms with Crippen LogP contribution in [-0.2, 0) is 4.79 Å². The first-order valence-corrected chi connectivity index (χ1v) is 13.7. The van der Waals surface area contributed by atoms with Gasteiger partial charge in [0.05, 0.1) is 13.2 Å². The van der Waals surface area contributed by atoms with Crippen LogP contribution in [0.5, 0.6) is 0 Å². The van der Waals surface area contributed by atoms with Gasteiger partial charge in [-0.15, -0.1) is 0 Å². The van der Waals surface area contributed by atoms with Crippen LogP contribution >= 0.6 is 0 Å². The van der Waals surface area contributed by atoms with Crippen molar-refractivity contribution in [3.05, 3.63) is 0 Å². The minimum atomic E-state index is -0.651. The van der Waals surface area contributed by atoms with Gasteiger partial charge in [0, 0.05) is 19.5 Å². The molecule has 0 aromatic heterocycles. The Morgan fingerprint density at radius 2 is 0.844 bits per heavy atom. The molecular formula is C27H57NO4. The first-order chi connectivity index (χ1) is 15.6. The van der Waals surface area contributed by atoms with E-state index in [-0.39, 0.29) is 13.2 Å². The highest BCUT2D eigenvalue weighted by Crippen LogP contribution is 2.14. The lowest BCUT2D eigenvalue weighted by molar-refractivity contribution is -0.137. The maximum absolute atomic E-state index is 10.4. The van der Waals surface area contributed by atoms with Crippen LogP contribution in [0.2, 0.25) is 0 Å². The van der Waals surface area contributed by atoms with Gasteiger partial charge in [0.25, 0.3) is 0 Å². The zero-order chi connectivity index (χ0) is 24.1. The van der Waals surface area contributed by atoms with Gasteiger partial charge in [0.2, 0.25) is 0 Å². The molecule has 0 aromatic carbocycles. The second kappa shape index (κ2) is 30.4.